The Morgan fingerprint density at radius 3 is 2.71 bits per heavy atom. The summed E-state index contributed by atoms with van der Waals surface area (Å²) in [5, 5.41) is 0. The quantitative estimate of drug-likeness (QED) is 0.684. The van der Waals surface area contributed by atoms with E-state index in [1.54, 1.807) is 10.6 Å². The summed E-state index contributed by atoms with van der Waals surface area (Å²) < 4.78 is 39.1. The molecule has 2 aromatic rings. The van der Waals surface area contributed by atoms with Crippen LogP contribution in [-0.4, -0.2) is 9.38 Å². The molecule has 74 valence electrons. The molecular weight excluding hydrogens is 308 g/mol. The smallest absolute Gasteiger partial charge is 0.306 e. The average molecular weight is 312 g/mol. The monoisotopic (exact) mass is 312 g/mol. The van der Waals surface area contributed by atoms with Crippen LogP contribution in [0.4, 0.5) is 13.2 Å². The first kappa shape index (κ1) is 9.75. The lowest BCUT2D eigenvalue weighted by atomic mass is 10.2. The second-order valence-corrected chi connectivity index (χ2v) is 3.85. The maximum Gasteiger partial charge on any atom is 0.416 e. The molecule has 0 amide bonds. The van der Waals surface area contributed by atoms with E-state index in [-0.39, 0.29) is 0 Å². The Bertz CT molecular complexity index is 475. The molecule has 6 heteroatoms. The molecule has 0 bridgehead atoms. The number of hydrogen-bond donors (Lipinski definition) is 0. The summed E-state index contributed by atoms with van der Waals surface area (Å²) in [5.74, 6) is 0. The van der Waals surface area contributed by atoms with Gasteiger partial charge in [-0.15, -0.1) is 0 Å². The zero-order chi connectivity index (χ0) is 10.3. The minimum atomic E-state index is -4.31. The van der Waals surface area contributed by atoms with Gasteiger partial charge in [-0.05, 0) is 34.7 Å². The normalized spacial score (nSPS) is 12.3. The number of alkyl halides is 3. The number of halogens is 4. The van der Waals surface area contributed by atoms with Crippen molar-refractivity contribution in [2.24, 2.45) is 0 Å². The van der Waals surface area contributed by atoms with Crippen molar-refractivity contribution in [3.8, 4) is 0 Å². The Morgan fingerprint density at radius 1 is 1.36 bits per heavy atom. The highest BCUT2D eigenvalue weighted by Crippen LogP contribution is 2.29. The molecule has 0 aromatic carbocycles. The maximum absolute atomic E-state index is 12.3. The Balaban J connectivity index is 2.62. The van der Waals surface area contributed by atoms with Crippen molar-refractivity contribution in [1.82, 2.24) is 9.38 Å². The van der Waals surface area contributed by atoms with Gasteiger partial charge in [-0.3, -0.25) is 0 Å². The van der Waals surface area contributed by atoms with Crippen LogP contribution >= 0.6 is 22.6 Å². The van der Waals surface area contributed by atoms with Crippen LogP contribution in [0.5, 0.6) is 0 Å². The van der Waals surface area contributed by atoms with Crippen LogP contribution in [0.15, 0.2) is 24.5 Å². The van der Waals surface area contributed by atoms with Gasteiger partial charge in [-0.1, -0.05) is 0 Å². The molecule has 0 aliphatic carbocycles. The largest absolute Gasteiger partial charge is 0.416 e. The van der Waals surface area contributed by atoms with E-state index in [2.05, 4.69) is 4.98 Å². The van der Waals surface area contributed by atoms with Gasteiger partial charge in [0, 0.05) is 12.4 Å². The van der Waals surface area contributed by atoms with Crippen LogP contribution in [0.1, 0.15) is 5.56 Å². The SMILES string of the molecule is FC(F)(F)c1ccn2cc(I)nc2c1. The molecule has 0 spiro atoms. The molecule has 14 heavy (non-hydrogen) atoms. The molecule has 0 aliphatic rings. The molecule has 2 aromatic heterocycles. The Kier molecular flexibility index (Phi) is 2.17. The highest BCUT2D eigenvalue weighted by Gasteiger charge is 2.30. The lowest BCUT2D eigenvalue weighted by Gasteiger charge is -2.05. The highest BCUT2D eigenvalue weighted by atomic mass is 127. The van der Waals surface area contributed by atoms with E-state index in [0.717, 1.165) is 12.1 Å². The zero-order valence-corrected chi connectivity index (χ0v) is 8.87. The van der Waals surface area contributed by atoms with E-state index in [1.165, 1.54) is 6.20 Å². The minimum absolute atomic E-state index is 0.309. The van der Waals surface area contributed by atoms with Gasteiger partial charge in [0.2, 0.25) is 0 Å². The van der Waals surface area contributed by atoms with Gasteiger partial charge in [0.25, 0.3) is 0 Å². The van der Waals surface area contributed by atoms with Crippen molar-refractivity contribution < 1.29 is 13.2 Å². The number of aromatic nitrogens is 2. The summed E-state index contributed by atoms with van der Waals surface area (Å²) in [6.45, 7) is 0. The van der Waals surface area contributed by atoms with E-state index in [4.69, 9.17) is 0 Å². The second-order valence-electron chi connectivity index (χ2n) is 2.74. The van der Waals surface area contributed by atoms with Crippen LogP contribution < -0.4 is 0 Å². The first-order chi connectivity index (χ1) is 6.47. The van der Waals surface area contributed by atoms with Gasteiger partial charge in [0.1, 0.15) is 9.35 Å². The van der Waals surface area contributed by atoms with Gasteiger partial charge in [-0.2, -0.15) is 13.2 Å². The van der Waals surface area contributed by atoms with Gasteiger partial charge >= 0.3 is 6.18 Å². The molecule has 2 rings (SSSR count). The van der Waals surface area contributed by atoms with Crippen molar-refractivity contribution in [3.63, 3.8) is 0 Å². The summed E-state index contributed by atoms with van der Waals surface area (Å²) >= 11 is 1.95. The van der Waals surface area contributed by atoms with Crippen LogP contribution in [-0.2, 0) is 6.18 Å². The molecule has 0 atom stereocenters. The van der Waals surface area contributed by atoms with E-state index in [0.29, 0.717) is 9.35 Å². The number of fused-ring (bicyclic) bond motifs is 1. The van der Waals surface area contributed by atoms with Gasteiger partial charge in [-0.25, -0.2) is 4.98 Å². The Labute approximate surface area is 90.9 Å². The van der Waals surface area contributed by atoms with Crippen LogP contribution in [0, 0.1) is 3.70 Å². The van der Waals surface area contributed by atoms with Gasteiger partial charge in [0.05, 0.1) is 5.56 Å². The predicted molar refractivity (Wildman–Crippen MR) is 52.9 cm³/mol. The summed E-state index contributed by atoms with van der Waals surface area (Å²) in [4.78, 5) is 3.94. The third-order valence-corrected chi connectivity index (χ3v) is 2.28. The number of pyridine rings is 1. The fourth-order valence-corrected chi connectivity index (χ4v) is 1.67. The molecule has 0 radical (unpaired) electrons. The molecule has 0 saturated heterocycles. The lowest BCUT2D eigenvalue weighted by Crippen LogP contribution is -2.05. The molecule has 0 aliphatic heterocycles. The average Bonchev–Trinajstić information content (AvgIpc) is 2.41. The summed E-state index contributed by atoms with van der Waals surface area (Å²) in [6, 6.07) is 2.06. The van der Waals surface area contributed by atoms with Crippen molar-refractivity contribution >= 4 is 28.2 Å². The molecule has 0 N–H and O–H groups in total. The number of nitrogens with zero attached hydrogens (tertiary/aromatic N) is 2. The first-order valence-corrected chi connectivity index (χ1v) is 4.76. The van der Waals surface area contributed by atoms with Crippen LogP contribution in [0.3, 0.4) is 0 Å². The van der Waals surface area contributed by atoms with Crippen LogP contribution in [0.25, 0.3) is 5.65 Å². The third-order valence-electron chi connectivity index (χ3n) is 1.76. The first-order valence-electron chi connectivity index (χ1n) is 3.68. The number of hydrogen-bond acceptors (Lipinski definition) is 1. The van der Waals surface area contributed by atoms with Crippen molar-refractivity contribution in [1.29, 1.82) is 0 Å². The molecule has 2 nitrogen and oxygen atoms in total. The maximum atomic E-state index is 12.3. The van der Waals surface area contributed by atoms with E-state index in [9.17, 15) is 13.2 Å². The van der Waals surface area contributed by atoms with Crippen molar-refractivity contribution in [2.45, 2.75) is 6.18 Å². The lowest BCUT2D eigenvalue weighted by molar-refractivity contribution is -0.137. The second kappa shape index (κ2) is 3.11. The molecule has 2 heterocycles. The molecule has 0 fully saturated rings. The van der Waals surface area contributed by atoms with E-state index in [1.807, 2.05) is 22.6 Å². The summed E-state index contributed by atoms with van der Waals surface area (Å²) in [6.07, 6.45) is -1.29. The van der Waals surface area contributed by atoms with Crippen LogP contribution in [0.2, 0.25) is 0 Å². The summed E-state index contributed by atoms with van der Waals surface area (Å²) in [5.41, 5.74) is -0.365. The fourth-order valence-electron chi connectivity index (χ4n) is 1.13. The van der Waals surface area contributed by atoms with Crippen molar-refractivity contribution in [2.75, 3.05) is 0 Å². The summed E-state index contributed by atoms with van der Waals surface area (Å²) in [7, 11) is 0. The Morgan fingerprint density at radius 2 is 2.07 bits per heavy atom. The highest BCUT2D eigenvalue weighted by molar-refractivity contribution is 14.1. The van der Waals surface area contributed by atoms with E-state index >= 15 is 0 Å². The molecule has 0 unspecified atom stereocenters. The topological polar surface area (TPSA) is 17.3 Å². The minimum Gasteiger partial charge on any atom is -0.306 e. The third kappa shape index (κ3) is 1.70. The standard InChI is InChI=1S/C8H4F3IN2/c9-8(10,11)5-1-2-14-4-6(12)13-7(14)3-5/h1-4H. The zero-order valence-electron chi connectivity index (χ0n) is 6.72. The van der Waals surface area contributed by atoms with Gasteiger partial charge < -0.3 is 4.40 Å². The Hall–Kier alpha value is -0.790. The number of rotatable bonds is 0. The van der Waals surface area contributed by atoms with E-state index < -0.39 is 11.7 Å². The fraction of sp³-hybridized carbons (Fsp3) is 0.125. The predicted octanol–water partition coefficient (Wildman–Crippen LogP) is 2.96. The van der Waals surface area contributed by atoms with Gasteiger partial charge in [0.15, 0.2) is 0 Å². The number of imidazole rings is 1. The molecule has 0 saturated carbocycles. The molecular formula is C8H4F3IN2. The van der Waals surface area contributed by atoms with Crippen molar-refractivity contribution in [3.05, 3.63) is 33.8 Å².